The van der Waals surface area contributed by atoms with E-state index in [1.165, 1.54) is 0 Å². The zero-order valence-corrected chi connectivity index (χ0v) is 11.0. The number of hydrogen-bond acceptors (Lipinski definition) is 6. The predicted molar refractivity (Wildman–Crippen MR) is 60.4 cm³/mol. The zero-order chi connectivity index (χ0) is 13.9. The molecule has 0 saturated carbocycles. The van der Waals surface area contributed by atoms with E-state index in [0.717, 1.165) is 0 Å². The average molecular weight is 258 g/mol. The molecule has 1 aliphatic rings. The van der Waals surface area contributed by atoms with E-state index >= 15 is 0 Å². The van der Waals surface area contributed by atoms with Gasteiger partial charge in [-0.1, -0.05) is 0 Å². The first-order valence-electron chi connectivity index (χ1n) is 5.91. The summed E-state index contributed by atoms with van der Waals surface area (Å²) >= 11 is 0. The first-order chi connectivity index (χ1) is 8.35. The maximum atomic E-state index is 11.9. The molecule has 1 aliphatic heterocycles. The van der Waals surface area contributed by atoms with Crippen LogP contribution in [-0.2, 0) is 28.6 Å². The fraction of sp³-hybridized carbons (Fsp3) is 0.750. The third-order valence-corrected chi connectivity index (χ3v) is 2.78. The van der Waals surface area contributed by atoms with Crippen LogP contribution in [0.5, 0.6) is 0 Å². The van der Waals surface area contributed by atoms with Crippen LogP contribution in [0.1, 0.15) is 27.7 Å². The van der Waals surface area contributed by atoms with Crippen LogP contribution in [0.15, 0.2) is 0 Å². The quantitative estimate of drug-likeness (QED) is 0.419. The van der Waals surface area contributed by atoms with E-state index in [1.54, 1.807) is 27.7 Å². The zero-order valence-electron chi connectivity index (χ0n) is 11.0. The minimum Gasteiger partial charge on any atom is -0.466 e. The average Bonchev–Trinajstić information content (AvgIpc) is 2.48. The van der Waals surface area contributed by atoms with Crippen molar-refractivity contribution in [3.8, 4) is 0 Å². The lowest BCUT2D eigenvalue weighted by Gasteiger charge is -2.24. The Kier molecular flexibility index (Phi) is 4.32. The van der Waals surface area contributed by atoms with Gasteiger partial charge in [0.1, 0.15) is 11.5 Å². The van der Waals surface area contributed by atoms with Gasteiger partial charge in [0, 0.05) is 0 Å². The van der Waals surface area contributed by atoms with Gasteiger partial charge in [-0.05, 0) is 27.7 Å². The molecule has 102 valence electrons. The standard InChI is InChI=1S/C12H18O6/c1-5-16-9(13)7-8(11(15)17-6-2)12(3,4)18-10(7)14/h7-8H,5-6H2,1-4H3. The smallest absolute Gasteiger partial charge is 0.321 e. The van der Waals surface area contributed by atoms with E-state index in [4.69, 9.17) is 14.2 Å². The molecule has 6 nitrogen and oxygen atoms in total. The van der Waals surface area contributed by atoms with Crippen LogP contribution in [-0.4, -0.2) is 36.7 Å². The highest BCUT2D eigenvalue weighted by molar-refractivity contribution is 6.01. The Morgan fingerprint density at radius 1 is 1.17 bits per heavy atom. The summed E-state index contributed by atoms with van der Waals surface area (Å²) in [4.78, 5) is 35.3. The molecular formula is C12H18O6. The van der Waals surface area contributed by atoms with Gasteiger partial charge in [-0.2, -0.15) is 0 Å². The molecule has 6 heteroatoms. The molecule has 0 N–H and O–H groups in total. The lowest BCUT2D eigenvalue weighted by Crippen LogP contribution is -2.40. The fourth-order valence-corrected chi connectivity index (χ4v) is 2.04. The Morgan fingerprint density at radius 3 is 2.17 bits per heavy atom. The normalized spacial score (nSPS) is 25.4. The number of rotatable bonds is 4. The third-order valence-electron chi connectivity index (χ3n) is 2.78. The molecule has 1 heterocycles. The molecule has 2 atom stereocenters. The summed E-state index contributed by atoms with van der Waals surface area (Å²) in [7, 11) is 0. The fourth-order valence-electron chi connectivity index (χ4n) is 2.04. The van der Waals surface area contributed by atoms with Crippen molar-refractivity contribution in [2.45, 2.75) is 33.3 Å². The van der Waals surface area contributed by atoms with E-state index in [2.05, 4.69) is 0 Å². The second kappa shape index (κ2) is 5.37. The highest BCUT2D eigenvalue weighted by Gasteiger charge is 2.58. The molecule has 0 aromatic heterocycles. The van der Waals surface area contributed by atoms with Crippen LogP contribution in [0.4, 0.5) is 0 Å². The van der Waals surface area contributed by atoms with Crippen molar-refractivity contribution >= 4 is 17.9 Å². The summed E-state index contributed by atoms with van der Waals surface area (Å²) in [6.45, 7) is 6.75. The number of hydrogen-bond donors (Lipinski definition) is 0. The molecule has 0 aliphatic carbocycles. The van der Waals surface area contributed by atoms with E-state index < -0.39 is 35.3 Å². The largest absolute Gasteiger partial charge is 0.466 e. The third kappa shape index (κ3) is 2.63. The molecule has 0 spiro atoms. The first-order valence-corrected chi connectivity index (χ1v) is 5.91. The van der Waals surface area contributed by atoms with Crippen molar-refractivity contribution in [2.75, 3.05) is 13.2 Å². The van der Waals surface area contributed by atoms with Gasteiger partial charge in [-0.3, -0.25) is 14.4 Å². The maximum absolute atomic E-state index is 11.9. The highest BCUT2D eigenvalue weighted by atomic mass is 16.6. The molecule has 1 saturated heterocycles. The minimum atomic E-state index is -1.24. The van der Waals surface area contributed by atoms with Crippen molar-refractivity contribution in [3.63, 3.8) is 0 Å². The topological polar surface area (TPSA) is 78.9 Å². The van der Waals surface area contributed by atoms with E-state index in [9.17, 15) is 14.4 Å². The van der Waals surface area contributed by atoms with Gasteiger partial charge in [0.15, 0.2) is 5.92 Å². The van der Waals surface area contributed by atoms with Gasteiger partial charge < -0.3 is 14.2 Å². The lowest BCUT2D eigenvalue weighted by molar-refractivity contribution is -0.162. The Labute approximate surface area is 106 Å². The summed E-state index contributed by atoms with van der Waals surface area (Å²) < 4.78 is 14.8. The van der Waals surface area contributed by atoms with Crippen molar-refractivity contribution in [1.82, 2.24) is 0 Å². The first kappa shape index (κ1) is 14.5. The molecule has 0 aromatic rings. The number of esters is 3. The predicted octanol–water partition coefficient (Wildman–Crippen LogP) is 0.680. The molecule has 18 heavy (non-hydrogen) atoms. The number of carbonyl (C=O) groups excluding carboxylic acids is 3. The van der Waals surface area contributed by atoms with Crippen LogP contribution in [0, 0.1) is 11.8 Å². The summed E-state index contributed by atoms with van der Waals surface area (Å²) in [6, 6.07) is 0. The van der Waals surface area contributed by atoms with E-state index in [0.29, 0.717) is 0 Å². The molecule has 0 radical (unpaired) electrons. The second-order valence-electron chi connectivity index (χ2n) is 4.48. The Morgan fingerprint density at radius 2 is 1.67 bits per heavy atom. The number of cyclic esters (lactones) is 1. The molecule has 1 fully saturated rings. The summed E-state index contributed by atoms with van der Waals surface area (Å²) in [5.41, 5.74) is -1.07. The summed E-state index contributed by atoms with van der Waals surface area (Å²) in [6.07, 6.45) is 0. The molecule has 0 bridgehead atoms. The van der Waals surface area contributed by atoms with Crippen LogP contribution in [0.3, 0.4) is 0 Å². The lowest BCUT2D eigenvalue weighted by atomic mass is 9.83. The van der Waals surface area contributed by atoms with Crippen LogP contribution in [0.25, 0.3) is 0 Å². The Bertz CT molecular complexity index is 360. The molecule has 1 rings (SSSR count). The number of ether oxygens (including phenoxy) is 3. The van der Waals surface area contributed by atoms with Crippen molar-refractivity contribution in [2.24, 2.45) is 11.8 Å². The van der Waals surface area contributed by atoms with Crippen LogP contribution in [0.2, 0.25) is 0 Å². The van der Waals surface area contributed by atoms with Gasteiger partial charge in [0.25, 0.3) is 0 Å². The molecule has 0 amide bonds. The van der Waals surface area contributed by atoms with Gasteiger partial charge in [-0.25, -0.2) is 0 Å². The minimum absolute atomic E-state index is 0.137. The van der Waals surface area contributed by atoms with Gasteiger partial charge in [0.2, 0.25) is 0 Å². The van der Waals surface area contributed by atoms with Gasteiger partial charge in [0.05, 0.1) is 13.2 Å². The molecule has 0 aromatic carbocycles. The van der Waals surface area contributed by atoms with Crippen molar-refractivity contribution < 1.29 is 28.6 Å². The summed E-state index contributed by atoms with van der Waals surface area (Å²) in [5.74, 6) is -4.31. The maximum Gasteiger partial charge on any atom is 0.321 e. The van der Waals surface area contributed by atoms with Gasteiger partial charge >= 0.3 is 17.9 Å². The highest BCUT2D eigenvalue weighted by Crippen LogP contribution is 2.38. The van der Waals surface area contributed by atoms with Gasteiger partial charge in [-0.15, -0.1) is 0 Å². The molecular weight excluding hydrogens is 240 g/mol. The SMILES string of the molecule is CCOC(=O)C1C(=O)OC(C)(C)C1C(=O)OCC. The number of carbonyl (C=O) groups is 3. The Balaban J connectivity index is 3.01. The second-order valence-corrected chi connectivity index (χ2v) is 4.48. The Hall–Kier alpha value is -1.59. The van der Waals surface area contributed by atoms with Crippen LogP contribution >= 0.6 is 0 Å². The van der Waals surface area contributed by atoms with Crippen LogP contribution < -0.4 is 0 Å². The monoisotopic (exact) mass is 258 g/mol. The van der Waals surface area contributed by atoms with Crippen molar-refractivity contribution in [1.29, 1.82) is 0 Å². The molecule has 2 unspecified atom stereocenters. The van der Waals surface area contributed by atoms with Crippen molar-refractivity contribution in [3.05, 3.63) is 0 Å². The van der Waals surface area contributed by atoms with E-state index in [-0.39, 0.29) is 13.2 Å². The summed E-state index contributed by atoms with van der Waals surface area (Å²) in [5, 5.41) is 0. The van der Waals surface area contributed by atoms with E-state index in [1.807, 2.05) is 0 Å².